The molecule has 1 atom stereocenters. The third kappa shape index (κ3) is 5.75. The van der Waals surface area contributed by atoms with Gasteiger partial charge < -0.3 is 10.1 Å². The summed E-state index contributed by atoms with van der Waals surface area (Å²) < 4.78 is 75.6. The Labute approximate surface area is 223 Å². The summed E-state index contributed by atoms with van der Waals surface area (Å²) in [6, 6.07) is 9.67. The molecule has 2 aromatic heterocycles. The molecule has 2 aliphatic rings. The van der Waals surface area contributed by atoms with Crippen molar-refractivity contribution in [2.24, 2.45) is 0 Å². The van der Waals surface area contributed by atoms with Crippen LogP contribution >= 0.6 is 0 Å². The molecule has 4 heterocycles. The van der Waals surface area contributed by atoms with E-state index in [0.29, 0.717) is 12.2 Å². The largest absolute Gasteiger partial charge is 0.490 e. The topological polar surface area (TPSA) is 66.4 Å². The highest BCUT2D eigenvalue weighted by Crippen LogP contribution is 2.48. The first-order chi connectivity index (χ1) is 18.7. The van der Waals surface area contributed by atoms with Crippen molar-refractivity contribution in [3.8, 4) is 5.75 Å². The zero-order valence-electron chi connectivity index (χ0n) is 21.3. The van der Waals surface area contributed by atoms with Crippen molar-refractivity contribution in [1.29, 1.82) is 0 Å². The number of likely N-dealkylation sites (tertiary alicyclic amines) is 1. The first-order valence-corrected chi connectivity index (χ1v) is 12.9. The van der Waals surface area contributed by atoms with Gasteiger partial charge >= 0.3 is 12.1 Å². The van der Waals surface area contributed by atoms with Gasteiger partial charge in [0.1, 0.15) is 11.9 Å². The minimum Gasteiger partial charge on any atom is -0.490 e. The summed E-state index contributed by atoms with van der Waals surface area (Å²) in [7, 11) is 0. The van der Waals surface area contributed by atoms with Crippen LogP contribution in [0.3, 0.4) is 0 Å². The van der Waals surface area contributed by atoms with Crippen LogP contribution in [0.25, 0.3) is 0 Å². The molecule has 12 heteroatoms. The van der Waals surface area contributed by atoms with Crippen LogP contribution < -0.4 is 15.0 Å². The van der Waals surface area contributed by atoms with E-state index in [9.17, 15) is 22.0 Å². The SMILES string of the molecule is CCCc1cnc2c(c1)NC(C(F)(F)C(F)(F)F)N2c1ccc(OC2CCN(Cc3ccnnc3)CC2)cc1. The maximum Gasteiger partial charge on any atom is 0.457 e. The molecular formula is C27H29F5N6O. The predicted molar refractivity (Wildman–Crippen MR) is 136 cm³/mol. The highest BCUT2D eigenvalue weighted by Gasteiger charge is 2.66. The third-order valence-corrected chi connectivity index (χ3v) is 6.97. The van der Waals surface area contributed by atoms with Gasteiger partial charge in [0.15, 0.2) is 12.0 Å². The first kappa shape index (κ1) is 27.0. The summed E-state index contributed by atoms with van der Waals surface area (Å²) in [6.45, 7) is 4.39. The molecule has 0 amide bonds. The van der Waals surface area contributed by atoms with Gasteiger partial charge in [-0.05, 0) is 66.8 Å². The Morgan fingerprint density at radius 3 is 2.36 bits per heavy atom. The molecule has 0 bridgehead atoms. The van der Waals surface area contributed by atoms with Crippen LogP contribution in [-0.4, -0.2) is 57.5 Å². The fourth-order valence-corrected chi connectivity index (χ4v) is 4.97. The summed E-state index contributed by atoms with van der Waals surface area (Å²) in [5.74, 6) is -4.49. The fraction of sp³-hybridized carbons (Fsp3) is 0.444. The first-order valence-electron chi connectivity index (χ1n) is 12.9. The Morgan fingerprint density at radius 1 is 0.974 bits per heavy atom. The molecule has 7 nitrogen and oxygen atoms in total. The number of alkyl halides is 5. The molecule has 39 heavy (non-hydrogen) atoms. The minimum atomic E-state index is -5.75. The second-order valence-corrected chi connectivity index (χ2v) is 9.84. The molecule has 1 N–H and O–H groups in total. The van der Waals surface area contributed by atoms with E-state index >= 15 is 0 Å². The van der Waals surface area contributed by atoms with Crippen LogP contribution in [0, 0.1) is 0 Å². The van der Waals surface area contributed by atoms with E-state index in [2.05, 4.69) is 25.4 Å². The number of nitrogens with zero attached hydrogens (tertiary/aromatic N) is 5. The van der Waals surface area contributed by atoms with Crippen LogP contribution in [0.15, 0.2) is 55.0 Å². The number of ether oxygens (including phenoxy) is 1. The summed E-state index contributed by atoms with van der Waals surface area (Å²) in [4.78, 5) is 7.47. The van der Waals surface area contributed by atoms with Gasteiger partial charge in [-0.15, -0.1) is 0 Å². The lowest BCUT2D eigenvalue weighted by Crippen LogP contribution is -2.55. The molecule has 1 unspecified atom stereocenters. The number of rotatable bonds is 8. The molecule has 208 valence electrons. The van der Waals surface area contributed by atoms with Crippen molar-refractivity contribution in [2.75, 3.05) is 23.3 Å². The van der Waals surface area contributed by atoms with E-state index in [1.165, 1.54) is 18.3 Å². The maximum atomic E-state index is 14.7. The monoisotopic (exact) mass is 548 g/mol. The van der Waals surface area contributed by atoms with Gasteiger partial charge in [0, 0.05) is 37.7 Å². The molecule has 5 rings (SSSR count). The van der Waals surface area contributed by atoms with Gasteiger partial charge in [0.2, 0.25) is 0 Å². The van der Waals surface area contributed by atoms with Gasteiger partial charge in [-0.3, -0.25) is 9.80 Å². The Hall–Kier alpha value is -3.54. The second-order valence-electron chi connectivity index (χ2n) is 9.84. The minimum absolute atomic E-state index is 0.0224. The van der Waals surface area contributed by atoms with E-state index in [1.807, 2.05) is 13.0 Å². The van der Waals surface area contributed by atoms with Crippen molar-refractivity contribution < 1.29 is 26.7 Å². The average molecular weight is 549 g/mol. The van der Waals surface area contributed by atoms with Crippen molar-refractivity contribution in [3.05, 3.63) is 66.1 Å². The molecule has 0 aliphatic carbocycles. The van der Waals surface area contributed by atoms with E-state index in [1.54, 1.807) is 30.6 Å². The summed E-state index contributed by atoms with van der Waals surface area (Å²) in [6.07, 6.45) is -0.208. The van der Waals surface area contributed by atoms with Crippen LogP contribution in [0.4, 0.5) is 39.1 Å². The number of halogens is 5. The Kier molecular flexibility index (Phi) is 7.57. The van der Waals surface area contributed by atoms with Crippen LogP contribution in [0.2, 0.25) is 0 Å². The van der Waals surface area contributed by atoms with E-state index in [4.69, 9.17) is 4.74 Å². The second kappa shape index (κ2) is 10.9. The summed E-state index contributed by atoms with van der Waals surface area (Å²) in [5.41, 5.74) is 2.14. The van der Waals surface area contributed by atoms with Crippen molar-refractivity contribution in [3.63, 3.8) is 0 Å². The molecule has 2 aliphatic heterocycles. The highest BCUT2D eigenvalue weighted by molar-refractivity contribution is 5.80. The summed E-state index contributed by atoms with van der Waals surface area (Å²) >= 11 is 0. The number of pyridine rings is 1. The lowest BCUT2D eigenvalue weighted by Gasteiger charge is -2.33. The highest BCUT2D eigenvalue weighted by atomic mass is 19.4. The van der Waals surface area contributed by atoms with Crippen LogP contribution in [-0.2, 0) is 13.0 Å². The molecule has 0 saturated carbocycles. The number of nitrogens with one attached hydrogen (secondary N) is 1. The fourth-order valence-electron chi connectivity index (χ4n) is 4.97. The molecule has 0 spiro atoms. The Bertz CT molecular complexity index is 1250. The van der Waals surface area contributed by atoms with Crippen molar-refractivity contribution >= 4 is 17.2 Å². The molecule has 1 saturated heterocycles. The standard InChI is InChI=1S/C27H29F5N6O/c1-2-3-18-14-23-24(33-15-18)38(25(36-23)26(28,29)27(30,31)32)20-4-6-21(7-5-20)39-22-9-12-37(13-10-22)17-19-8-11-34-35-16-19/h4-8,11,14-16,22,25,36H,2-3,9-10,12-13,17H2,1H3. The van der Waals surface area contributed by atoms with Crippen LogP contribution in [0.1, 0.15) is 37.3 Å². The van der Waals surface area contributed by atoms with Gasteiger partial charge in [0.05, 0.1) is 11.9 Å². The molecule has 1 aromatic carbocycles. The van der Waals surface area contributed by atoms with Gasteiger partial charge in [-0.1, -0.05) is 13.3 Å². The zero-order valence-corrected chi connectivity index (χ0v) is 21.3. The van der Waals surface area contributed by atoms with Crippen molar-refractivity contribution in [1.82, 2.24) is 20.1 Å². The van der Waals surface area contributed by atoms with Crippen LogP contribution in [0.5, 0.6) is 5.75 Å². The van der Waals surface area contributed by atoms with Gasteiger partial charge in [-0.25, -0.2) is 4.98 Å². The van der Waals surface area contributed by atoms with E-state index in [-0.39, 0.29) is 23.3 Å². The molecule has 1 fully saturated rings. The number of anilines is 3. The Morgan fingerprint density at radius 2 is 1.72 bits per heavy atom. The van der Waals surface area contributed by atoms with Crippen molar-refractivity contribution in [2.45, 2.75) is 63.5 Å². The number of fused-ring (bicyclic) bond motifs is 1. The lowest BCUT2D eigenvalue weighted by molar-refractivity contribution is -0.286. The third-order valence-electron chi connectivity index (χ3n) is 6.97. The number of aromatic nitrogens is 3. The number of benzene rings is 1. The van der Waals surface area contributed by atoms with E-state index < -0.39 is 18.3 Å². The van der Waals surface area contributed by atoms with Gasteiger partial charge in [-0.2, -0.15) is 32.1 Å². The number of piperidine rings is 1. The average Bonchev–Trinajstić information content (AvgIpc) is 3.30. The quantitative estimate of drug-likeness (QED) is 0.349. The Balaban J connectivity index is 1.29. The summed E-state index contributed by atoms with van der Waals surface area (Å²) in [5, 5.41) is 10.1. The number of hydrogen-bond donors (Lipinski definition) is 1. The van der Waals surface area contributed by atoms with Gasteiger partial charge in [0.25, 0.3) is 0 Å². The smallest absolute Gasteiger partial charge is 0.457 e. The molecule has 3 aromatic rings. The maximum absolute atomic E-state index is 14.7. The lowest BCUT2D eigenvalue weighted by atomic mass is 10.1. The molecule has 0 radical (unpaired) electrons. The number of aryl methyl sites for hydroxylation is 1. The predicted octanol–water partition coefficient (Wildman–Crippen LogP) is 5.95. The zero-order chi connectivity index (χ0) is 27.6. The normalized spacial score (nSPS) is 18.6. The van der Waals surface area contributed by atoms with E-state index in [0.717, 1.165) is 54.9 Å². The molecular weight excluding hydrogens is 519 g/mol. The number of hydrogen-bond acceptors (Lipinski definition) is 7.